The third-order valence-corrected chi connectivity index (χ3v) is 4.36. The van der Waals surface area contributed by atoms with E-state index >= 15 is 0 Å². The smallest absolute Gasteiger partial charge is 0.270 e. The fraction of sp³-hybridized carbons (Fsp3) is 0.278. The van der Waals surface area contributed by atoms with Crippen LogP contribution in [0.4, 0.5) is 17.1 Å². The van der Waals surface area contributed by atoms with E-state index < -0.39 is 4.92 Å². The standard InChI is InChI=1S/C18H18N4O3/c1-25-18-5-3-2-4-17(18)21-10-8-20(9-11-21)16-7-6-15(22(23)24)12-14(16)13-19/h2-7,12H,8-11H2,1H3. The van der Waals surface area contributed by atoms with Crippen LogP contribution in [-0.2, 0) is 0 Å². The van der Waals surface area contributed by atoms with Crippen LogP contribution < -0.4 is 14.5 Å². The van der Waals surface area contributed by atoms with Gasteiger partial charge in [0.05, 0.1) is 29.0 Å². The summed E-state index contributed by atoms with van der Waals surface area (Å²) in [6.07, 6.45) is 0. The zero-order chi connectivity index (χ0) is 17.8. The third kappa shape index (κ3) is 3.33. The summed E-state index contributed by atoms with van der Waals surface area (Å²) in [5, 5.41) is 20.2. The number of piperazine rings is 1. The van der Waals surface area contributed by atoms with Crippen LogP contribution >= 0.6 is 0 Å². The van der Waals surface area contributed by atoms with Crippen LogP contribution in [0.15, 0.2) is 42.5 Å². The second-order valence-corrected chi connectivity index (χ2v) is 5.72. The Morgan fingerprint density at radius 2 is 1.72 bits per heavy atom. The van der Waals surface area contributed by atoms with E-state index in [1.54, 1.807) is 13.2 Å². The normalized spacial score (nSPS) is 14.1. The third-order valence-electron chi connectivity index (χ3n) is 4.36. The van der Waals surface area contributed by atoms with E-state index in [1.807, 2.05) is 24.3 Å². The lowest BCUT2D eigenvalue weighted by atomic mass is 10.1. The molecule has 0 aromatic heterocycles. The van der Waals surface area contributed by atoms with Gasteiger partial charge in [0.2, 0.25) is 0 Å². The number of hydrogen-bond acceptors (Lipinski definition) is 6. The van der Waals surface area contributed by atoms with Gasteiger partial charge in [-0.05, 0) is 18.2 Å². The molecule has 1 aliphatic heterocycles. The van der Waals surface area contributed by atoms with Gasteiger partial charge < -0.3 is 14.5 Å². The number of methoxy groups -OCH3 is 1. The number of nitriles is 1. The number of ether oxygens (including phenoxy) is 1. The number of anilines is 2. The molecule has 1 aliphatic rings. The number of hydrogen-bond donors (Lipinski definition) is 0. The topological polar surface area (TPSA) is 82.6 Å². The second kappa shape index (κ2) is 7.09. The molecule has 1 saturated heterocycles. The zero-order valence-corrected chi connectivity index (χ0v) is 13.9. The molecule has 0 aliphatic carbocycles. The largest absolute Gasteiger partial charge is 0.495 e. The molecule has 25 heavy (non-hydrogen) atoms. The molecule has 7 nitrogen and oxygen atoms in total. The van der Waals surface area contributed by atoms with Gasteiger partial charge in [-0.2, -0.15) is 5.26 Å². The fourth-order valence-corrected chi connectivity index (χ4v) is 3.08. The number of benzene rings is 2. The van der Waals surface area contributed by atoms with Crippen molar-refractivity contribution in [3.8, 4) is 11.8 Å². The molecule has 3 rings (SSSR count). The summed E-state index contributed by atoms with van der Waals surface area (Å²) in [6, 6.07) is 14.4. The van der Waals surface area contributed by atoms with Gasteiger partial charge >= 0.3 is 0 Å². The number of para-hydroxylation sites is 2. The summed E-state index contributed by atoms with van der Waals surface area (Å²) in [6.45, 7) is 3.01. The van der Waals surface area contributed by atoms with E-state index in [4.69, 9.17) is 4.74 Å². The molecule has 0 spiro atoms. The molecular weight excluding hydrogens is 320 g/mol. The Labute approximate surface area is 145 Å². The minimum Gasteiger partial charge on any atom is -0.495 e. The van der Waals surface area contributed by atoms with E-state index in [0.29, 0.717) is 5.56 Å². The highest BCUT2D eigenvalue weighted by atomic mass is 16.6. The molecule has 0 saturated carbocycles. The lowest BCUT2D eigenvalue weighted by Crippen LogP contribution is -2.46. The number of nitro benzene ring substituents is 1. The monoisotopic (exact) mass is 338 g/mol. The van der Waals surface area contributed by atoms with Crippen molar-refractivity contribution in [3.05, 3.63) is 58.1 Å². The van der Waals surface area contributed by atoms with E-state index in [9.17, 15) is 15.4 Å². The van der Waals surface area contributed by atoms with Crippen LogP contribution in [0, 0.1) is 21.4 Å². The number of nitro groups is 1. The molecule has 0 radical (unpaired) electrons. The summed E-state index contributed by atoms with van der Waals surface area (Å²) < 4.78 is 5.42. The highest BCUT2D eigenvalue weighted by Crippen LogP contribution is 2.30. The molecule has 0 bridgehead atoms. The van der Waals surface area contributed by atoms with Gasteiger partial charge in [0, 0.05) is 38.3 Å². The van der Waals surface area contributed by atoms with Gasteiger partial charge in [-0.15, -0.1) is 0 Å². The van der Waals surface area contributed by atoms with Crippen molar-refractivity contribution in [2.75, 3.05) is 43.1 Å². The van der Waals surface area contributed by atoms with Gasteiger partial charge in [0.1, 0.15) is 11.8 Å². The molecule has 7 heteroatoms. The van der Waals surface area contributed by atoms with Gasteiger partial charge in [-0.25, -0.2) is 0 Å². The Kier molecular flexibility index (Phi) is 4.70. The maximum atomic E-state index is 10.9. The molecule has 0 unspecified atom stereocenters. The predicted molar refractivity (Wildman–Crippen MR) is 95.2 cm³/mol. The summed E-state index contributed by atoms with van der Waals surface area (Å²) in [5.41, 5.74) is 2.06. The Balaban J connectivity index is 1.77. The van der Waals surface area contributed by atoms with Crippen molar-refractivity contribution in [2.45, 2.75) is 0 Å². The quantitative estimate of drug-likeness (QED) is 0.630. The van der Waals surface area contributed by atoms with E-state index in [-0.39, 0.29) is 5.69 Å². The minimum atomic E-state index is -0.482. The Morgan fingerprint density at radius 3 is 2.32 bits per heavy atom. The Morgan fingerprint density at radius 1 is 1.08 bits per heavy atom. The fourth-order valence-electron chi connectivity index (χ4n) is 3.08. The van der Waals surface area contributed by atoms with Gasteiger partial charge in [-0.1, -0.05) is 12.1 Å². The lowest BCUT2D eigenvalue weighted by Gasteiger charge is -2.38. The molecule has 0 N–H and O–H groups in total. The molecule has 128 valence electrons. The van der Waals surface area contributed by atoms with Crippen LogP contribution in [-0.4, -0.2) is 38.2 Å². The van der Waals surface area contributed by atoms with E-state index in [1.165, 1.54) is 12.1 Å². The maximum absolute atomic E-state index is 10.9. The summed E-state index contributed by atoms with van der Waals surface area (Å²) in [5.74, 6) is 0.837. The van der Waals surface area contributed by atoms with Crippen LogP contribution in [0.5, 0.6) is 5.75 Å². The zero-order valence-electron chi connectivity index (χ0n) is 13.9. The minimum absolute atomic E-state index is 0.0621. The molecule has 0 amide bonds. The first kappa shape index (κ1) is 16.6. The highest BCUT2D eigenvalue weighted by molar-refractivity contribution is 5.65. The van der Waals surface area contributed by atoms with Crippen molar-refractivity contribution in [1.82, 2.24) is 0 Å². The molecule has 1 heterocycles. The molecule has 1 fully saturated rings. The highest BCUT2D eigenvalue weighted by Gasteiger charge is 2.22. The van der Waals surface area contributed by atoms with Crippen molar-refractivity contribution in [2.24, 2.45) is 0 Å². The van der Waals surface area contributed by atoms with Gasteiger partial charge in [0.15, 0.2) is 0 Å². The number of non-ortho nitro benzene ring substituents is 1. The predicted octanol–water partition coefficient (Wildman–Crippen LogP) is 2.80. The van der Waals surface area contributed by atoms with Crippen LogP contribution in [0.2, 0.25) is 0 Å². The van der Waals surface area contributed by atoms with Crippen molar-refractivity contribution in [1.29, 1.82) is 5.26 Å². The second-order valence-electron chi connectivity index (χ2n) is 5.72. The molecule has 2 aromatic rings. The van der Waals surface area contributed by atoms with Gasteiger partial charge in [0.25, 0.3) is 5.69 Å². The van der Waals surface area contributed by atoms with Crippen LogP contribution in [0.3, 0.4) is 0 Å². The maximum Gasteiger partial charge on any atom is 0.270 e. The molecule has 0 atom stereocenters. The number of rotatable bonds is 4. The first-order valence-corrected chi connectivity index (χ1v) is 7.95. The van der Waals surface area contributed by atoms with Crippen molar-refractivity contribution >= 4 is 17.1 Å². The SMILES string of the molecule is COc1ccccc1N1CCN(c2ccc([N+](=O)[O-])cc2C#N)CC1. The van der Waals surface area contributed by atoms with E-state index in [0.717, 1.165) is 43.3 Å². The average molecular weight is 338 g/mol. The van der Waals surface area contributed by atoms with Crippen molar-refractivity contribution < 1.29 is 9.66 Å². The van der Waals surface area contributed by atoms with Crippen LogP contribution in [0.1, 0.15) is 5.56 Å². The number of nitrogens with zero attached hydrogens (tertiary/aromatic N) is 4. The molecular formula is C18H18N4O3. The Hall–Kier alpha value is -3.27. The van der Waals surface area contributed by atoms with Crippen molar-refractivity contribution in [3.63, 3.8) is 0 Å². The average Bonchev–Trinajstić information content (AvgIpc) is 2.67. The molecule has 2 aromatic carbocycles. The van der Waals surface area contributed by atoms with Crippen LogP contribution in [0.25, 0.3) is 0 Å². The Bertz CT molecular complexity index is 823. The summed E-state index contributed by atoms with van der Waals surface area (Å²) >= 11 is 0. The summed E-state index contributed by atoms with van der Waals surface area (Å²) in [7, 11) is 1.66. The summed E-state index contributed by atoms with van der Waals surface area (Å²) in [4.78, 5) is 14.7. The first-order valence-electron chi connectivity index (χ1n) is 7.95. The lowest BCUT2D eigenvalue weighted by molar-refractivity contribution is -0.384. The van der Waals surface area contributed by atoms with Gasteiger partial charge in [-0.3, -0.25) is 10.1 Å². The van der Waals surface area contributed by atoms with E-state index in [2.05, 4.69) is 15.9 Å². The first-order chi connectivity index (χ1) is 12.1.